The average molecular weight is 689 g/mol. The van der Waals surface area contributed by atoms with Gasteiger partial charge < -0.3 is 39.0 Å². The highest BCUT2D eigenvalue weighted by Crippen LogP contribution is 2.81. The molecule has 12 nitrogen and oxygen atoms in total. The third-order valence-corrected chi connectivity index (χ3v) is 15.7. The van der Waals surface area contributed by atoms with Crippen molar-refractivity contribution < 1.29 is 58.2 Å². The molecule has 0 aromatic heterocycles. The highest BCUT2D eigenvalue weighted by Gasteiger charge is 2.92. The molecular formula is C37H52O12. The summed E-state index contributed by atoms with van der Waals surface area (Å²) in [5, 5.41) is 37.1. The van der Waals surface area contributed by atoms with Crippen LogP contribution in [0.1, 0.15) is 81.6 Å². The zero-order valence-corrected chi connectivity index (χ0v) is 29.9. The van der Waals surface area contributed by atoms with Crippen LogP contribution in [0.5, 0.6) is 0 Å². The van der Waals surface area contributed by atoms with E-state index in [4.69, 9.17) is 23.7 Å². The van der Waals surface area contributed by atoms with Crippen molar-refractivity contribution in [1.29, 1.82) is 0 Å². The number of hydrogen-bond acceptors (Lipinski definition) is 12. The van der Waals surface area contributed by atoms with Crippen LogP contribution in [-0.4, -0.2) is 93.1 Å². The third kappa shape index (κ3) is 3.73. The first kappa shape index (κ1) is 34.0. The van der Waals surface area contributed by atoms with E-state index in [1.807, 2.05) is 34.6 Å². The van der Waals surface area contributed by atoms with Crippen molar-refractivity contribution in [3.05, 3.63) is 0 Å². The smallest absolute Gasteiger partial charge is 0.341 e. The van der Waals surface area contributed by atoms with Gasteiger partial charge in [0.25, 0.3) is 0 Å². The van der Waals surface area contributed by atoms with E-state index in [0.717, 1.165) is 0 Å². The van der Waals surface area contributed by atoms with Gasteiger partial charge in [-0.05, 0) is 69.1 Å². The predicted octanol–water partition coefficient (Wildman–Crippen LogP) is 2.17. The predicted molar refractivity (Wildman–Crippen MR) is 168 cm³/mol. The van der Waals surface area contributed by atoms with Gasteiger partial charge in [-0.15, -0.1) is 0 Å². The van der Waals surface area contributed by atoms with Gasteiger partial charge in [0.1, 0.15) is 30.2 Å². The topological polar surface area (TPSA) is 182 Å². The Hall–Kier alpha value is -2.12. The molecule has 20 atom stereocenters. The largest absolute Gasteiger partial charge is 0.462 e. The van der Waals surface area contributed by atoms with Gasteiger partial charge in [0, 0.05) is 36.5 Å². The minimum absolute atomic E-state index is 0.0337. The standard InChI is InChI=1S/C37H52O12/c1-13(2)10-22(40)47-28-14(3)18-11-20-29(46-20)30(42)36(18,16(5)38)19-12-21(45-17(6)39)33(7)24-15(4)31-37(48-31)34(8,35(9,44)32(43)49-37)26(24)27(41)25(33)23(19)28/h13-15,18-21,23-31,41-42,44H,10-12H2,1-9H3/t14-,15-,18+,19?,20-,21-,23?,24-,25+,26-,27+,28-,29-,30-,31+,33+,34-,35+,36-,37-/m0/s1. The van der Waals surface area contributed by atoms with Crippen LogP contribution in [0.4, 0.5) is 0 Å². The van der Waals surface area contributed by atoms with Crippen LogP contribution in [0, 0.1) is 69.5 Å². The molecule has 8 fully saturated rings. The number of ketones is 1. The Kier molecular flexibility index (Phi) is 6.97. The summed E-state index contributed by atoms with van der Waals surface area (Å²) in [6, 6.07) is 0. The molecule has 1 spiro atoms. The van der Waals surface area contributed by atoms with Crippen LogP contribution in [0.3, 0.4) is 0 Å². The van der Waals surface area contributed by atoms with Gasteiger partial charge in [-0.1, -0.05) is 34.6 Å². The number of aliphatic hydroxyl groups is 3. The van der Waals surface area contributed by atoms with Gasteiger partial charge >= 0.3 is 17.9 Å². The SMILES string of the molecule is CC(=O)O[C@H]1CC2C([C@@H](OC(=O)CC(C)C)[C@@H](C)[C@H]3C[C@@H]4O[C@@H]4[C@H](O)[C@]23C(C)=O)[C@@H]2[C@@H](O)[C@@H]3[C@H]([C@H](C)[C@H]4O[C@]45OC(=O)[C@@](C)(O)[C@]35C)[C@@]12C. The Balaban J connectivity index is 1.35. The summed E-state index contributed by atoms with van der Waals surface area (Å²) in [5.41, 5.74) is -5.70. The molecule has 5 aliphatic carbocycles. The Morgan fingerprint density at radius 3 is 2.24 bits per heavy atom. The van der Waals surface area contributed by atoms with E-state index in [1.165, 1.54) is 20.8 Å². The van der Waals surface area contributed by atoms with E-state index < -0.39 is 112 Å². The summed E-state index contributed by atoms with van der Waals surface area (Å²) in [4.78, 5) is 54.2. The van der Waals surface area contributed by atoms with Crippen LogP contribution in [0.2, 0.25) is 0 Å². The molecule has 8 rings (SSSR count). The molecule has 3 saturated heterocycles. The second kappa shape index (κ2) is 10.1. The monoisotopic (exact) mass is 688 g/mol. The third-order valence-electron chi connectivity index (χ3n) is 15.7. The van der Waals surface area contributed by atoms with Crippen molar-refractivity contribution >= 4 is 23.7 Å². The van der Waals surface area contributed by atoms with E-state index in [1.54, 1.807) is 6.92 Å². The van der Waals surface area contributed by atoms with Crippen molar-refractivity contribution in [1.82, 2.24) is 0 Å². The molecule has 3 heterocycles. The first-order valence-corrected chi connectivity index (χ1v) is 18.3. The molecule has 0 aromatic carbocycles. The molecule has 12 heteroatoms. The van der Waals surface area contributed by atoms with Crippen molar-refractivity contribution in [3.63, 3.8) is 0 Å². The van der Waals surface area contributed by atoms with E-state index >= 15 is 0 Å². The van der Waals surface area contributed by atoms with Crippen molar-refractivity contribution in [2.24, 2.45) is 69.5 Å². The van der Waals surface area contributed by atoms with Gasteiger partial charge in [0.2, 0.25) is 5.79 Å². The molecule has 0 amide bonds. The Bertz CT molecular complexity index is 1510. The molecule has 8 aliphatic rings. The number of carbonyl (C=O) groups excluding carboxylic acids is 4. The molecule has 0 bridgehead atoms. The molecule has 0 aromatic rings. The minimum atomic E-state index is -2.02. The first-order valence-electron chi connectivity index (χ1n) is 18.3. The average Bonchev–Trinajstić information content (AvgIpc) is 3.89. The van der Waals surface area contributed by atoms with Gasteiger partial charge in [0.15, 0.2) is 5.60 Å². The lowest BCUT2D eigenvalue weighted by molar-refractivity contribution is -0.254. The van der Waals surface area contributed by atoms with Gasteiger partial charge in [-0.2, -0.15) is 0 Å². The number of esters is 3. The maximum Gasteiger partial charge on any atom is 0.341 e. The number of hydrogen-bond donors (Lipinski definition) is 3. The first-order chi connectivity index (χ1) is 22.7. The molecule has 0 radical (unpaired) electrons. The summed E-state index contributed by atoms with van der Waals surface area (Å²) in [5.74, 6) is -7.61. The molecular weight excluding hydrogens is 636 g/mol. The second-order valence-electron chi connectivity index (χ2n) is 18.0. The fraction of sp³-hybridized carbons (Fsp3) is 0.892. The van der Waals surface area contributed by atoms with Crippen LogP contribution in [0.25, 0.3) is 0 Å². The Morgan fingerprint density at radius 1 is 0.959 bits per heavy atom. The zero-order chi connectivity index (χ0) is 35.7. The minimum Gasteiger partial charge on any atom is -0.462 e. The van der Waals surface area contributed by atoms with E-state index in [0.29, 0.717) is 6.42 Å². The summed E-state index contributed by atoms with van der Waals surface area (Å²) in [6.45, 7) is 15.8. The van der Waals surface area contributed by atoms with Crippen LogP contribution in [-0.2, 0) is 42.9 Å². The number of rotatable bonds is 5. The number of ether oxygens (including phenoxy) is 5. The molecule has 5 saturated carbocycles. The van der Waals surface area contributed by atoms with Gasteiger partial charge in [0.05, 0.1) is 29.1 Å². The normalized spacial score (nSPS) is 58.8. The molecule has 3 N–H and O–H groups in total. The summed E-state index contributed by atoms with van der Waals surface area (Å²) < 4.78 is 30.8. The highest BCUT2D eigenvalue weighted by atomic mass is 16.8. The van der Waals surface area contributed by atoms with Crippen LogP contribution >= 0.6 is 0 Å². The number of Topliss-reactive ketones (excluding diaryl/α,β-unsaturated/α-hetero) is 1. The number of fused-ring (bicyclic) bond motifs is 9. The van der Waals surface area contributed by atoms with Gasteiger partial charge in [-0.25, -0.2) is 4.79 Å². The van der Waals surface area contributed by atoms with Crippen LogP contribution < -0.4 is 0 Å². The lowest BCUT2D eigenvalue weighted by atomic mass is 9.39. The Morgan fingerprint density at radius 2 is 1.63 bits per heavy atom. The maximum absolute atomic E-state index is 14.3. The fourth-order valence-corrected chi connectivity index (χ4v) is 13.8. The maximum atomic E-state index is 14.3. The lowest BCUT2D eigenvalue weighted by Gasteiger charge is -2.66. The van der Waals surface area contributed by atoms with Crippen molar-refractivity contribution in [2.45, 2.75) is 136 Å². The summed E-state index contributed by atoms with van der Waals surface area (Å²) >= 11 is 0. The van der Waals surface area contributed by atoms with Crippen molar-refractivity contribution in [3.8, 4) is 0 Å². The summed E-state index contributed by atoms with van der Waals surface area (Å²) in [6.07, 6.45) is -4.30. The zero-order valence-electron chi connectivity index (χ0n) is 29.9. The number of epoxide rings is 2. The molecule has 3 aliphatic heterocycles. The quantitative estimate of drug-likeness (QED) is 0.218. The molecule has 272 valence electrons. The lowest BCUT2D eigenvalue weighted by Crippen LogP contribution is -2.72. The molecule has 49 heavy (non-hydrogen) atoms. The van der Waals surface area contributed by atoms with E-state index in [-0.39, 0.29) is 48.5 Å². The highest BCUT2D eigenvalue weighted by molar-refractivity contribution is 5.85. The number of carbonyl (C=O) groups is 4. The second-order valence-corrected chi connectivity index (χ2v) is 18.0. The summed E-state index contributed by atoms with van der Waals surface area (Å²) in [7, 11) is 0. The van der Waals surface area contributed by atoms with Crippen molar-refractivity contribution in [2.75, 3.05) is 0 Å². The number of aliphatic hydroxyl groups excluding tert-OH is 2. The van der Waals surface area contributed by atoms with E-state index in [2.05, 4.69) is 0 Å². The van der Waals surface area contributed by atoms with Crippen LogP contribution in [0.15, 0.2) is 0 Å². The Labute approximate surface area is 286 Å². The van der Waals surface area contributed by atoms with Gasteiger partial charge in [-0.3, -0.25) is 14.4 Å². The fourth-order valence-electron chi connectivity index (χ4n) is 13.8. The van der Waals surface area contributed by atoms with E-state index in [9.17, 15) is 34.5 Å². The molecule has 2 unspecified atom stereocenters.